The summed E-state index contributed by atoms with van der Waals surface area (Å²) in [5.74, 6) is 0.395. The van der Waals surface area contributed by atoms with Gasteiger partial charge < -0.3 is 15.2 Å². The number of carbonyl (C=O) groups excluding carboxylic acids is 1. The Kier molecular flexibility index (Phi) is 2.63. The molecule has 1 aromatic heterocycles. The first-order valence-electron chi connectivity index (χ1n) is 6.18. The first-order valence-corrected chi connectivity index (χ1v) is 6.18. The molecule has 2 N–H and O–H groups in total. The SMILES string of the molecule is O=C(NCc1ccon1)C1CC12CCNCC2. The highest BCUT2D eigenvalue weighted by Gasteiger charge is 2.57. The highest BCUT2D eigenvalue weighted by Crippen LogP contribution is 2.58. The van der Waals surface area contributed by atoms with Crippen LogP contribution in [0.1, 0.15) is 25.0 Å². The van der Waals surface area contributed by atoms with Gasteiger partial charge in [-0.25, -0.2) is 0 Å². The van der Waals surface area contributed by atoms with Crippen molar-refractivity contribution < 1.29 is 9.32 Å². The summed E-state index contributed by atoms with van der Waals surface area (Å²) in [6, 6.07) is 1.77. The van der Waals surface area contributed by atoms with Crippen molar-refractivity contribution in [3.63, 3.8) is 0 Å². The van der Waals surface area contributed by atoms with Crippen LogP contribution in [0.2, 0.25) is 0 Å². The summed E-state index contributed by atoms with van der Waals surface area (Å²) in [6.07, 6.45) is 4.84. The van der Waals surface area contributed by atoms with Crippen molar-refractivity contribution in [1.82, 2.24) is 15.8 Å². The Balaban J connectivity index is 1.51. The lowest BCUT2D eigenvalue weighted by atomic mass is 9.92. The summed E-state index contributed by atoms with van der Waals surface area (Å²) in [4.78, 5) is 12.0. The van der Waals surface area contributed by atoms with Gasteiger partial charge in [-0.3, -0.25) is 4.79 Å². The van der Waals surface area contributed by atoms with Crippen LogP contribution in [0.25, 0.3) is 0 Å². The largest absolute Gasteiger partial charge is 0.364 e. The van der Waals surface area contributed by atoms with E-state index < -0.39 is 0 Å². The topological polar surface area (TPSA) is 67.2 Å². The fourth-order valence-electron chi connectivity index (χ4n) is 2.83. The number of aromatic nitrogens is 1. The second-order valence-corrected chi connectivity index (χ2v) is 5.08. The van der Waals surface area contributed by atoms with E-state index >= 15 is 0 Å². The molecule has 2 fully saturated rings. The molecule has 1 saturated heterocycles. The molecule has 1 aromatic rings. The monoisotopic (exact) mass is 235 g/mol. The molecule has 92 valence electrons. The van der Waals surface area contributed by atoms with E-state index in [1.807, 2.05) is 0 Å². The highest BCUT2D eigenvalue weighted by molar-refractivity contribution is 5.82. The number of amides is 1. The molecule has 3 rings (SSSR count). The number of nitrogens with zero attached hydrogens (tertiary/aromatic N) is 1. The summed E-state index contributed by atoms with van der Waals surface area (Å²) in [5, 5.41) is 10.0. The van der Waals surface area contributed by atoms with Crippen molar-refractivity contribution in [3.8, 4) is 0 Å². The fourth-order valence-corrected chi connectivity index (χ4v) is 2.83. The minimum absolute atomic E-state index is 0.176. The molecule has 5 heteroatoms. The summed E-state index contributed by atoms with van der Waals surface area (Å²) < 4.78 is 4.72. The van der Waals surface area contributed by atoms with Gasteiger partial charge >= 0.3 is 0 Å². The third kappa shape index (κ3) is 2.07. The van der Waals surface area contributed by atoms with Crippen LogP contribution in [-0.4, -0.2) is 24.2 Å². The lowest BCUT2D eigenvalue weighted by molar-refractivity contribution is -0.123. The Morgan fingerprint density at radius 2 is 2.41 bits per heavy atom. The van der Waals surface area contributed by atoms with E-state index in [-0.39, 0.29) is 11.8 Å². The number of rotatable bonds is 3. The second kappa shape index (κ2) is 4.14. The molecule has 0 radical (unpaired) electrons. The van der Waals surface area contributed by atoms with Gasteiger partial charge in [0.25, 0.3) is 0 Å². The zero-order valence-electron chi connectivity index (χ0n) is 9.74. The molecule has 0 aromatic carbocycles. The molecule has 1 saturated carbocycles. The molecule has 2 heterocycles. The van der Waals surface area contributed by atoms with Crippen LogP contribution in [0.5, 0.6) is 0 Å². The predicted octanol–water partition coefficient (Wildman–Crippen LogP) is 0.680. The van der Waals surface area contributed by atoms with E-state index in [9.17, 15) is 4.79 Å². The zero-order valence-corrected chi connectivity index (χ0v) is 9.74. The molecule has 1 unspecified atom stereocenters. The molecule has 0 bridgehead atoms. The molecular formula is C12H17N3O2. The van der Waals surface area contributed by atoms with Crippen molar-refractivity contribution in [2.45, 2.75) is 25.8 Å². The van der Waals surface area contributed by atoms with Crippen LogP contribution in [0.3, 0.4) is 0 Å². The number of hydrogen-bond acceptors (Lipinski definition) is 4. The van der Waals surface area contributed by atoms with Crippen molar-refractivity contribution in [2.75, 3.05) is 13.1 Å². The van der Waals surface area contributed by atoms with Gasteiger partial charge in [-0.15, -0.1) is 0 Å². The number of carbonyl (C=O) groups is 1. The van der Waals surface area contributed by atoms with Crippen LogP contribution in [-0.2, 0) is 11.3 Å². The smallest absolute Gasteiger partial charge is 0.224 e. The van der Waals surface area contributed by atoms with Crippen LogP contribution < -0.4 is 10.6 Å². The molecule has 1 aliphatic heterocycles. The van der Waals surface area contributed by atoms with Gasteiger partial charge in [-0.1, -0.05) is 5.16 Å². The van der Waals surface area contributed by atoms with Gasteiger partial charge in [-0.2, -0.15) is 0 Å². The van der Waals surface area contributed by atoms with Crippen LogP contribution in [0.4, 0.5) is 0 Å². The van der Waals surface area contributed by atoms with Gasteiger partial charge in [0.1, 0.15) is 12.0 Å². The third-order valence-corrected chi connectivity index (χ3v) is 4.04. The molecule has 1 atom stereocenters. The minimum atomic E-state index is 0.176. The maximum atomic E-state index is 12.0. The Bertz CT molecular complexity index is 396. The highest BCUT2D eigenvalue weighted by atomic mass is 16.5. The molecular weight excluding hydrogens is 218 g/mol. The van der Waals surface area contributed by atoms with Crippen LogP contribution >= 0.6 is 0 Å². The van der Waals surface area contributed by atoms with Gasteiger partial charge in [-0.05, 0) is 37.8 Å². The van der Waals surface area contributed by atoms with Gasteiger partial charge in [0.2, 0.25) is 5.91 Å². The van der Waals surface area contributed by atoms with E-state index in [0.29, 0.717) is 12.0 Å². The third-order valence-electron chi connectivity index (χ3n) is 4.04. The average Bonchev–Trinajstić information content (AvgIpc) is 2.82. The van der Waals surface area contributed by atoms with E-state index in [2.05, 4.69) is 15.8 Å². The number of piperidine rings is 1. The van der Waals surface area contributed by atoms with E-state index in [4.69, 9.17) is 4.52 Å². The maximum absolute atomic E-state index is 12.0. The molecule has 1 spiro atoms. The van der Waals surface area contributed by atoms with Crippen molar-refractivity contribution in [1.29, 1.82) is 0 Å². The Labute approximate surface area is 99.9 Å². The first-order chi connectivity index (χ1) is 8.30. The molecule has 17 heavy (non-hydrogen) atoms. The van der Waals surface area contributed by atoms with E-state index in [1.54, 1.807) is 6.07 Å². The number of nitrogens with one attached hydrogen (secondary N) is 2. The van der Waals surface area contributed by atoms with E-state index in [0.717, 1.165) is 38.0 Å². The van der Waals surface area contributed by atoms with Gasteiger partial charge in [0.15, 0.2) is 0 Å². The quantitative estimate of drug-likeness (QED) is 0.808. The minimum Gasteiger partial charge on any atom is -0.364 e. The van der Waals surface area contributed by atoms with Crippen LogP contribution in [0, 0.1) is 11.3 Å². The standard InChI is InChI=1S/C12H17N3O2/c16-11(14-8-9-1-6-17-15-9)10-7-12(10)2-4-13-5-3-12/h1,6,10,13H,2-5,7-8H2,(H,14,16). The van der Waals surface area contributed by atoms with Crippen molar-refractivity contribution >= 4 is 5.91 Å². The Hall–Kier alpha value is -1.36. The maximum Gasteiger partial charge on any atom is 0.224 e. The lowest BCUT2D eigenvalue weighted by Crippen LogP contribution is -2.33. The summed E-state index contributed by atoms with van der Waals surface area (Å²) >= 11 is 0. The summed E-state index contributed by atoms with van der Waals surface area (Å²) in [6.45, 7) is 2.57. The van der Waals surface area contributed by atoms with Gasteiger partial charge in [0.05, 0.1) is 6.54 Å². The van der Waals surface area contributed by atoms with Gasteiger partial charge in [0, 0.05) is 12.0 Å². The Morgan fingerprint density at radius 1 is 1.59 bits per heavy atom. The Morgan fingerprint density at radius 3 is 3.12 bits per heavy atom. The average molecular weight is 235 g/mol. The van der Waals surface area contributed by atoms with Crippen molar-refractivity contribution in [3.05, 3.63) is 18.0 Å². The number of hydrogen-bond donors (Lipinski definition) is 2. The molecule has 2 aliphatic rings. The second-order valence-electron chi connectivity index (χ2n) is 5.08. The lowest BCUT2D eigenvalue weighted by Gasteiger charge is -2.23. The van der Waals surface area contributed by atoms with Crippen molar-refractivity contribution in [2.24, 2.45) is 11.3 Å². The van der Waals surface area contributed by atoms with E-state index in [1.165, 1.54) is 6.26 Å². The zero-order chi connectivity index (χ0) is 11.7. The summed E-state index contributed by atoms with van der Waals surface area (Å²) in [7, 11) is 0. The first kappa shape index (κ1) is 10.8. The molecule has 1 aliphatic carbocycles. The molecule has 5 nitrogen and oxygen atoms in total. The summed E-state index contributed by atoms with van der Waals surface area (Å²) in [5.41, 5.74) is 1.08. The normalized spacial score (nSPS) is 25.8. The molecule has 1 amide bonds. The predicted molar refractivity (Wildman–Crippen MR) is 61.0 cm³/mol. The fraction of sp³-hybridized carbons (Fsp3) is 0.667. The van der Waals surface area contributed by atoms with Crippen LogP contribution in [0.15, 0.2) is 16.9 Å².